The van der Waals surface area contributed by atoms with Gasteiger partial charge in [0.05, 0.1) is 15.6 Å². The molecule has 0 saturated heterocycles. The number of hydrogen-bond acceptors (Lipinski definition) is 3. The van der Waals surface area contributed by atoms with E-state index in [1.165, 1.54) is 0 Å². The van der Waals surface area contributed by atoms with Gasteiger partial charge in [-0.05, 0) is 26.7 Å². The van der Waals surface area contributed by atoms with Gasteiger partial charge >= 0.3 is 0 Å². The number of nitrogens with zero attached hydrogens (tertiary/aromatic N) is 1. The average Bonchev–Trinajstić information content (AvgIpc) is 2.30. The molecule has 0 aliphatic carbocycles. The fourth-order valence-electron chi connectivity index (χ4n) is 1.26. The van der Waals surface area contributed by atoms with Crippen LogP contribution in [0.2, 0.25) is 0 Å². The van der Waals surface area contributed by atoms with Gasteiger partial charge in [0.1, 0.15) is 5.60 Å². The molecule has 74 valence electrons. The summed E-state index contributed by atoms with van der Waals surface area (Å²) < 4.78 is 0. The lowest BCUT2D eigenvalue weighted by Crippen LogP contribution is -2.27. The predicted octanol–water partition coefficient (Wildman–Crippen LogP) is 2.62. The van der Waals surface area contributed by atoms with Crippen molar-refractivity contribution in [1.82, 2.24) is 4.98 Å². The number of aromatic nitrogens is 1. The molecule has 2 nitrogen and oxygen atoms in total. The zero-order valence-corrected chi connectivity index (χ0v) is 9.70. The molecule has 0 saturated carbocycles. The number of thiazole rings is 1. The smallest absolute Gasteiger partial charge is 0.100 e. The van der Waals surface area contributed by atoms with Crippen LogP contribution in [-0.4, -0.2) is 10.1 Å². The summed E-state index contributed by atoms with van der Waals surface area (Å²) in [6.45, 7) is 9.83. The molecule has 0 unspecified atom stereocenters. The standard InChI is InChI=1S/C10H17NOS/c1-6(2)10(5,12)9-7(3)11-8(4)13-9/h6,12H,1-5H3/t10-/m0/s1. The first-order valence-corrected chi connectivity index (χ1v) is 5.34. The zero-order chi connectivity index (χ0) is 10.2. The normalized spacial score (nSPS) is 16.2. The summed E-state index contributed by atoms with van der Waals surface area (Å²) in [6.07, 6.45) is 0. The predicted molar refractivity (Wildman–Crippen MR) is 56.0 cm³/mol. The van der Waals surface area contributed by atoms with Gasteiger partial charge in [-0.15, -0.1) is 11.3 Å². The molecule has 0 bridgehead atoms. The maximum absolute atomic E-state index is 10.2. The Kier molecular flexibility index (Phi) is 2.78. The lowest BCUT2D eigenvalue weighted by atomic mass is 9.90. The Labute approximate surface area is 83.6 Å². The Morgan fingerprint density at radius 2 is 1.92 bits per heavy atom. The number of aliphatic hydroxyl groups is 1. The van der Waals surface area contributed by atoms with E-state index in [0.717, 1.165) is 15.6 Å². The minimum absolute atomic E-state index is 0.214. The first-order valence-electron chi connectivity index (χ1n) is 4.52. The van der Waals surface area contributed by atoms with Gasteiger partial charge in [-0.3, -0.25) is 0 Å². The summed E-state index contributed by atoms with van der Waals surface area (Å²) in [4.78, 5) is 5.32. The maximum Gasteiger partial charge on any atom is 0.100 e. The largest absolute Gasteiger partial charge is 0.384 e. The van der Waals surface area contributed by atoms with Crippen molar-refractivity contribution >= 4 is 11.3 Å². The van der Waals surface area contributed by atoms with Gasteiger partial charge in [0.25, 0.3) is 0 Å². The molecule has 0 radical (unpaired) electrons. The highest BCUT2D eigenvalue weighted by atomic mass is 32.1. The topological polar surface area (TPSA) is 33.1 Å². The Balaban J connectivity index is 3.13. The number of rotatable bonds is 2. The molecular formula is C10H17NOS. The number of aryl methyl sites for hydroxylation is 2. The molecule has 1 heterocycles. The van der Waals surface area contributed by atoms with Crippen LogP contribution in [0, 0.1) is 19.8 Å². The van der Waals surface area contributed by atoms with E-state index in [1.54, 1.807) is 11.3 Å². The van der Waals surface area contributed by atoms with E-state index in [4.69, 9.17) is 0 Å². The Morgan fingerprint density at radius 1 is 1.38 bits per heavy atom. The first-order chi connectivity index (χ1) is 5.85. The third kappa shape index (κ3) is 1.92. The van der Waals surface area contributed by atoms with E-state index in [2.05, 4.69) is 4.98 Å². The van der Waals surface area contributed by atoms with Gasteiger partial charge in [0, 0.05) is 0 Å². The molecule has 1 N–H and O–H groups in total. The third-order valence-corrected chi connectivity index (χ3v) is 3.79. The Morgan fingerprint density at radius 3 is 2.23 bits per heavy atom. The van der Waals surface area contributed by atoms with Gasteiger partial charge in [-0.25, -0.2) is 4.98 Å². The van der Waals surface area contributed by atoms with Gasteiger partial charge in [0.15, 0.2) is 0 Å². The van der Waals surface area contributed by atoms with Crippen LogP contribution in [0.4, 0.5) is 0 Å². The Bertz CT molecular complexity index is 302. The lowest BCUT2D eigenvalue weighted by molar-refractivity contribution is 0.0119. The summed E-state index contributed by atoms with van der Waals surface area (Å²) in [5.41, 5.74) is 0.219. The summed E-state index contributed by atoms with van der Waals surface area (Å²) >= 11 is 1.59. The first kappa shape index (κ1) is 10.7. The molecule has 0 amide bonds. The monoisotopic (exact) mass is 199 g/mol. The molecule has 13 heavy (non-hydrogen) atoms. The van der Waals surface area contributed by atoms with Crippen LogP contribution in [0.1, 0.15) is 36.3 Å². The second-order valence-corrected chi connectivity index (χ2v) is 5.15. The highest BCUT2D eigenvalue weighted by Crippen LogP contribution is 2.34. The van der Waals surface area contributed by atoms with E-state index in [0.29, 0.717) is 0 Å². The van der Waals surface area contributed by atoms with Crippen molar-refractivity contribution in [2.24, 2.45) is 5.92 Å². The van der Waals surface area contributed by atoms with Crippen molar-refractivity contribution in [3.05, 3.63) is 15.6 Å². The van der Waals surface area contributed by atoms with E-state index < -0.39 is 5.60 Å². The molecule has 0 aromatic carbocycles. The fraction of sp³-hybridized carbons (Fsp3) is 0.700. The maximum atomic E-state index is 10.2. The van der Waals surface area contributed by atoms with Crippen molar-refractivity contribution in [3.63, 3.8) is 0 Å². The van der Waals surface area contributed by atoms with Crippen LogP contribution in [-0.2, 0) is 5.60 Å². The molecule has 0 spiro atoms. The van der Waals surface area contributed by atoms with Crippen LogP contribution in [0.25, 0.3) is 0 Å². The molecular weight excluding hydrogens is 182 g/mol. The van der Waals surface area contributed by atoms with Gasteiger partial charge in [-0.1, -0.05) is 13.8 Å². The van der Waals surface area contributed by atoms with Crippen LogP contribution in [0.15, 0.2) is 0 Å². The van der Waals surface area contributed by atoms with E-state index in [1.807, 2.05) is 34.6 Å². The van der Waals surface area contributed by atoms with Crippen LogP contribution >= 0.6 is 11.3 Å². The van der Waals surface area contributed by atoms with Crippen molar-refractivity contribution in [1.29, 1.82) is 0 Å². The molecule has 0 aliphatic heterocycles. The van der Waals surface area contributed by atoms with Crippen molar-refractivity contribution < 1.29 is 5.11 Å². The molecule has 3 heteroatoms. The highest BCUT2D eigenvalue weighted by molar-refractivity contribution is 7.11. The summed E-state index contributed by atoms with van der Waals surface area (Å²) in [5, 5.41) is 11.2. The van der Waals surface area contributed by atoms with Crippen molar-refractivity contribution in [3.8, 4) is 0 Å². The van der Waals surface area contributed by atoms with E-state index >= 15 is 0 Å². The van der Waals surface area contributed by atoms with Crippen molar-refractivity contribution in [2.75, 3.05) is 0 Å². The zero-order valence-electron chi connectivity index (χ0n) is 8.88. The molecule has 0 aliphatic rings. The quantitative estimate of drug-likeness (QED) is 0.794. The third-order valence-electron chi connectivity index (χ3n) is 2.49. The SMILES string of the molecule is Cc1nc(C)c([C@@](C)(O)C(C)C)s1. The number of hydrogen-bond donors (Lipinski definition) is 1. The minimum atomic E-state index is -0.740. The summed E-state index contributed by atoms with van der Waals surface area (Å²) in [5.74, 6) is 0.214. The molecule has 1 aromatic rings. The lowest BCUT2D eigenvalue weighted by Gasteiger charge is -2.26. The molecule has 0 fully saturated rings. The summed E-state index contributed by atoms with van der Waals surface area (Å²) in [6, 6.07) is 0. The average molecular weight is 199 g/mol. The molecule has 1 rings (SSSR count). The fourth-order valence-corrected chi connectivity index (χ4v) is 2.38. The minimum Gasteiger partial charge on any atom is -0.384 e. The summed E-state index contributed by atoms with van der Waals surface area (Å²) in [7, 11) is 0. The van der Waals surface area contributed by atoms with Gasteiger partial charge in [-0.2, -0.15) is 0 Å². The van der Waals surface area contributed by atoms with Crippen LogP contribution in [0.5, 0.6) is 0 Å². The second kappa shape index (κ2) is 3.39. The van der Waals surface area contributed by atoms with Crippen LogP contribution in [0.3, 0.4) is 0 Å². The van der Waals surface area contributed by atoms with Crippen molar-refractivity contribution in [2.45, 2.75) is 40.2 Å². The molecule has 1 aromatic heterocycles. The molecule has 1 atom stereocenters. The van der Waals surface area contributed by atoms with Gasteiger partial charge < -0.3 is 5.11 Å². The second-order valence-electron chi connectivity index (χ2n) is 3.95. The van der Waals surface area contributed by atoms with E-state index in [-0.39, 0.29) is 5.92 Å². The van der Waals surface area contributed by atoms with E-state index in [9.17, 15) is 5.11 Å². The highest BCUT2D eigenvalue weighted by Gasteiger charge is 2.31. The van der Waals surface area contributed by atoms with Crippen LogP contribution < -0.4 is 0 Å². The van der Waals surface area contributed by atoms with Gasteiger partial charge in [0.2, 0.25) is 0 Å². The Hall–Kier alpha value is -0.410.